The minimum atomic E-state index is -0.629. The zero-order valence-electron chi connectivity index (χ0n) is 10.3. The van der Waals surface area contributed by atoms with Gasteiger partial charge in [-0.3, -0.25) is 0 Å². The van der Waals surface area contributed by atoms with Gasteiger partial charge in [-0.05, 0) is 23.7 Å². The number of nitrogens with zero attached hydrogens (tertiary/aromatic N) is 3. The third kappa shape index (κ3) is 2.77. The van der Waals surface area contributed by atoms with E-state index in [1.165, 1.54) is 0 Å². The van der Waals surface area contributed by atoms with Crippen LogP contribution in [0.25, 0.3) is 11.5 Å². The summed E-state index contributed by atoms with van der Waals surface area (Å²) in [5, 5.41) is 12.3. The van der Waals surface area contributed by atoms with Crippen molar-refractivity contribution in [1.29, 1.82) is 5.26 Å². The van der Waals surface area contributed by atoms with Crippen LogP contribution in [0.15, 0.2) is 28.8 Å². The molecule has 0 bridgehead atoms. The Morgan fingerprint density at radius 2 is 2.26 bits per heavy atom. The molecule has 0 aliphatic rings. The van der Waals surface area contributed by atoms with Gasteiger partial charge in [-0.25, -0.2) is 4.79 Å². The normalized spacial score (nSPS) is 9.89. The van der Waals surface area contributed by atoms with Crippen molar-refractivity contribution in [2.24, 2.45) is 0 Å². The maximum atomic E-state index is 11.4. The zero-order valence-corrected chi connectivity index (χ0v) is 10.3. The molecule has 0 aliphatic heterocycles. The SMILES string of the molecule is CCOC(=O)c1noc(-c2ccccc2CC#N)n1. The van der Waals surface area contributed by atoms with Gasteiger partial charge in [0.1, 0.15) is 0 Å². The number of ether oxygens (including phenoxy) is 1. The lowest BCUT2D eigenvalue weighted by atomic mass is 10.1. The minimum absolute atomic E-state index is 0.122. The quantitative estimate of drug-likeness (QED) is 0.778. The molecule has 0 N–H and O–H groups in total. The lowest BCUT2D eigenvalue weighted by Crippen LogP contribution is -2.06. The van der Waals surface area contributed by atoms with Gasteiger partial charge in [-0.1, -0.05) is 18.2 Å². The summed E-state index contributed by atoms with van der Waals surface area (Å²) in [5.41, 5.74) is 1.41. The van der Waals surface area contributed by atoms with E-state index < -0.39 is 5.97 Å². The average Bonchev–Trinajstić information content (AvgIpc) is 2.90. The molecule has 2 rings (SSSR count). The van der Waals surface area contributed by atoms with Gasteiger partial charge in [0.15, 0.2) is 0 Å². The van der Waals surface area contributed by atoms with Crippen molar-refractivity contribution in [3.63, 3.8) is 0 Å². The van der Waals surface area contributed by atoms with Crippen LogP contribution in [-0.4, -0.2) is 22.7 Å². The molecule has 0 unspecified atom stereocenters. The van der Waals surface area contributed by atoms with Crippen molar-refractivity contribution in [1.82, 2.24) is 10.1 Å². The first kappa shape index (κ1) is 12.8. The smallest absolute Gasteiger partial charge is 0.379 e. The molecule has 0 saturated heterocycles. The van der Waals surface area contributed by atoms with Gasteiger partial charge < -0.3 is 9.26 Å². The number of nitriles is 1. The molecule has 0 amide bonds. The van der Waals surface area contributed by atoms with Gasteiger partial charge in [-0.15, -0.1) is 0 Å². The Hall–Kier alpha value is -2.68. The molecule has 1 aromatic carbocycles. The molecule has 0 atom stereocenters. The van der Waals surface area contributed by atoms with Crippen LogP contribution in [0.3, 0.4) is 0 Å². The van der Waals surface area contributed by atoms with Crippen LogP contribution in [0.4, 0.5) is 0 Å². The molecule has 6 heteroatoms. The van der Waals surface area contributed by atoms with Crippen LogP contribution in [-0.2, 0) is 11.2 Å². The lowest BCUT2D eigenvalue weighted by molar-refractivity contribution is 0.0508. The minimum Gasteiger partial charge on any atom is -0.460 e. The highest BCUT2D eigenvalue weighted by Crippen LogP contribution is 2.22. The fourth-order valence-corrected chi connectivity index (χ4v) is 1.58. The van der Waals surface area contributed by atoms with Gasteiger partial charge >= 0.3 is 5.97 Å². The molecular weight excluding hydrogens is 246 g/mol. The van der Waals surface area contributed by atoms with Crippen LogP contribution in [0.5, 0.6) is 0 Å². The molecule has 0 saturated carbocycles. The van der Waals surface area contributed by atoms with Crippen molar-refractivity contribution < 1.29 is 14.1 Å². The van der Waals surface area contributed by atoms with Crippen molar-refractivity contribution in [2.75, 3.05) is 6.61 Å². The molecule has 6 nitrogen and oxygen atoms in total. The van der Waals surface area contributed by atoms with E-state index in [-0.39, 0.29) is 24.7 Å². The molecule has 1 heterocycles. The average molecular weight is 257 g/mol. The Morgan fingerprint density at radius 1 is 1.47 bits per heavy atom. The van der Waals surface area contributed by atoms with Gasteiger partial charge in [0, 0.05) is 5.56 Å². The van der Waals surface area contributed by atoms with Crippen LogP contribution >= 0.6 is 0 Å². The summed E-state index contributed by atoms with van der Waals surface area (Å²) in [6.45, 7) is 1.94. The highest BCUT2D eigenvalue weighted by atomic mass is 16.5. The highest BCUT2D eigenvalue weighted by molar-refractivity contribution is 5.85. The van der Waals surface area contributed by atoms with Crippen molar-refractivity contribution in [2.45, 2.75) is 13.3 Å². The number of hydrogen-bond acceptors (Lipinski definition) is 6. The summed E-state index contributed by atoms with van der Waals surface area (Å²) in [7, 11) is 0. The zero-order chi connectivity index (χ0) is 13.7. The highest BCUT2D eigenvalue weighted by Gasteiger charge is 2.18. The van der Waals surface area contributed by atoms with Crippen molar-refractivity contribution >= 4 is 5.97 Å². The molecule has 1 aromatic heterocycles. The van der Waals surface area contributed by atoms with E-state index in [0.29, 0.717) is 5.56 Å². The third-order valence-corrected chi connectivity index (χ3v) is 2.40. The summed E-state index contributed by atoms with van der Waals surface area (Å²) in [6, 6.07) is 9.23. The molecule has 19 heavy (non-hydrogen) atoms. The summed E-state index contributed by atoms with van der Waals surface area (Å²) in [4.78, 5) is 15.4. The number of carbonyl (C=O) groups excluding carboxylic acids is 1. The largest absolute Gasteiger partial charge is 0.460 e. The van der Waals surface area contributed by atoms with E-state index in [2.05, 4.69) is 16.2 Å². The summed E-state index contributed by atoms with van der Waals surface area (Å²) in [6.07, 6.45) is 0.229. The Kier molecular flexibility index (Phi) is 3.88. The number of hydrogen-bond donors (Lipinski definition) is 0. The second-order valence-corrected chi connectivity index (χ2v) is 3.64. The standard InChI is InChI=1S/C13H11N3O3/c1-2-18-13(17)11-15-12(19-16-11)10-6-4-3-5-9(10)7-8-14/h3-6H,2,7H2,1H3. The number of rotatable bonds is 4. The molecule has 0 spiro atoms. The Bertz CT molecular complexity index is 628. The van der Waals surface area contributed by atoms with E-state index in [4.69, 9.17) is 14.5 Å². The van der Waals surface area contributed by atoms with Crippen LogP contribution in [0.1, 0.15) is 23.1 Å². The van der Waals surface area contributed by atoms with E-state index in [1.54, 1.807) is 25.1 Å². The van der Waals surface area contributed by atoms with E-state index in [9.17, 15) is 4.79 Å². The van der Waals surface area contributed by atoms with E-state index >= 15 is 0 Å². The fraction of sp³-hybridized carbons (Fsp3) is 0.231. The first-order chi connectivity index (χ1) is 9.26. The molecular formula is C13H11N3O3. The van der Waals surface area contributed by atoms with Gasteiger partial charge in [0.2, 0.25) is 0 Å². The maximum Gasteiger partial charge on any atom is 0.379 e. The maximum absolute atomic E-state index is 11.4. The van der Waals surface area contributed by atoms with E-state index in [1.807, 2.05) is 6.07 Å². The molecule has 0 fully saturated rings. The van der Waals surface area contributed by atoms with Gasteiger partial charge in [0.25, 0.3) is 11.7 Å². The molecule has 0 aliphatic carbocycles. The summed E-state index contributed by atoms with van der Waals surface area (Å²) in [5.74, 6) is -0.548. The predicted octanol–water partition coefficient (Wildman–Crippen LogP) is 1.98. The van der Waals surface area contributed by atoms with Crippen molar-refractivity contribution in [3.05, 3.63) is 35.7 Å². The summed E-state index contributed by atoms with van der Waals surface area (Å²) < 4.78 is 9.81. The van der Waals surface area contributed by atoms with Gasteiger partial charge in [-0.2, -0.15) is 10.2 Å². The molecule has 2 aromatic rings. The lowest BCUT2D eigenvalue weighted by Gasteiger charge is -2.00. The number of esters is 1. The summed E-state index contributed by atoms with van der Waals surface area (Å²) >= 11 is 0. The Labute approximate surface area is 109 Å². The number of aromatic nitrogens is 2. The van der Waals surface area contributed by atoms with Gasteiger partial charge in [0.05, 0.1) is 19.1 Å². The van der Waals surface area contributed by atoms with E-state index in [0.717, 1.165) is 5.56 Å². The Balaban J connectivity index is 2.33. The Morgan fingerprint density at radius 3 is 3.00 bits per heavy atom. The monoisotopic (exact) mass is 257 g/mol. The third-order valence-electron chi connectivity index (χ3n) is 2.40. The number of benzene rings is 1. The second kappa shape index (κ2) is 5.78. The number of carbonyl (C=O) groups is 1. The first-order valence-electron chi connectivity index (χ1n) is 5.72. The van der Waals surface area contributed by atoms with Crippen LogP contribution < -0.4 is 0 Å². The van der Waals surface area contributed by atoms with Crippen LogP contribution in [0, 0.1) is 11.3 Å². The topological polar surface area (TPSA) is 89.0 Å². The van der Waals surface area contributed by atoms with Crippen molar-refractivity contribution in [3.8, 4) is 17.5 Å². The predicted molar refractivity (Wildman–Crippen MR) is 65.0 cm³/mol. The van der Waals surface area contributed by atoms with Crippen LogP contribution in [0.2, 0.25) is 0 Å². The molecule has 96 valence electrons. The fourth-order valence-electron chi connectivity index (χ4n) is 1.58. The molecule has 0 radical (unpaired) electrons. The first-order valence-corrected chi connectivity index (χ1v) is 5.72. The second-order valence-electron chi connectivity index (χ2n) is 3.64.